The van der Waals surface area contributed by atoms with Crippen LogP contribution in [0.15, 0.2) is 54.6 Å². The van der Waals surface area contributed by atoms with Crippen molar-refractivity contribution in [1.29, 1.82) is 0 Å². The lowest BCUT2D eigenvalue weighted by Crippen LogP contribution is -2.23. The van der Waals surface area contributed by atoms with E-state index < -0.39 is 0 Å². The minimum Gasteiger partial charge on any atom is -0.495 e. The van der Waals surface area contributed by atoms with Crippen LogP contribution in [0.4, 0.5) is 17.5 Å². The van der Waals surface area contributed by atoms with E-state index in [2.05, 4.69) is 24.1 Å². The van der Waals surface area contributed by atoms with Crippen molar-refractivity contribution in [3.8, 4) is 17.0 Å². The molecule has 6 heteroatoms. The predicted octanol–water partition coefficient (Wildman–Crippen LogP) is 5.40. The molecule has 140 valence electrons. The van der Waals surface area contributed by atoms with Crippen LogP contribution in [0.3, 0.4) is 0 Å². The number of rotatable bonds is 7. The molecule has 0 spiro atoms. The molecule has 1 aromatic heterocycles. The fraction of sp³-hybridized carbons (Fsp3) is 0.238. The molecule has 1 N–H and O–H groups in total. The fourth-order valence-electron chi connectivity index (χ4n) is 2.86. The van der Waals surface area contributed by atoms with Gasteiger partial charge in [0.2, 0.25) is 5.95 Å². The number of benzene rings is 2. The summed E-state index contributed by atoms with van der Waals surface area (Å²) in [5.41, 5.74) is 2.62. The van der Waals surface area contributed by atoms with Gasteiger partial charge in [-0.25, -0.2) is 4.98 Å². The van der Waals surface area contributed by atoms with Gasteiger partial charge in [0.15, 0.2) is 0 Å². The van der Waals surface area contributed by atoms with Gasteiger partial charge in [-0.2, -0.15) is 4.98 Å². The van der Waals surface area contributed by atoms with E-state index in [1.165, 1.54) is 0 Å². The molecule has 0 aliphatic heterocycles. The molecule has 0 bridgehead atoms. The zero-order chi connectivity index (χ0) is 19.2. The molecule has 0 fully saturated rings. The van der Waals surface area contributed by atoms with E-state index in [9.17, 15) is 0 Å². The van der Waals surface area contributed by atoms with E-state index in [4.69, 9.17) is 26.3 Å². The van der Waals surface area contributed by atoms with E-state index in [1.54, 1.807) is 19.2 Å². The Labute approximate surface area is 165 Å². The van der Waals surface area contributed by atoms with Crippen molar-refractivity contribution in [2.75, 3.05) is 30.4 Å². The SMILES string of the molecule is CCN(CC)c1cc(-c2ccccc2)nc(Nc2cc(Cl)ccc2OC)n1. The largest absolute Gasteiger partial charge is 0.495 e. The Kier molecular flexibility index (Phi) is 6.14. The molecule has 0 unspecified atom stereocenters. The summed E-state index contributed by atoms with van der Waals surface area (Å²) >= 11 is 6.15. The Balaban J connectivity index is 2.06. The normalized spacial score (nSPS) is 10.5. The number of methoxy groups -OCH3 is 1. The minimum absolute atomic E-state index is 0.499. The topological polar surface area (TPSA) is 50.3 Å². The van der Waals surface area contributed by atoms with Gasteiger partial charge < -0.3 is 15.0 Å². The average molecular weight is 383 g/mol. The zero-order valence-corrected chi connectivity index (χ0v) is 16.5. The molecular weight excluding hydrogens is 360 g/mol. The Morgan fingerprint density at radius 3 is 2.41 bits per heavy atom. The van der Waals surface area contributed by atoms with Gasteiger partial charge in [-0.05, 0) is 32.0 Å². The number of nitrogens with zero attached hydrogens (tertiary/aromatic N) is 3. The standard InChI is InChI=1S/C21H23ClN4O/c1-4-26(5-2)20-14-17(15-9-7-6-8-10-15)23-21(25-20)24-18-13-16(22)11-12-19(18)27-3/h6-14H,4-5H2,1-3H3,(H,23,24,25). The lowest BCUT2D eigenvalue weighted by Gasteiger charge is -2.21. The second kappa shape index (κ2) is 8.73. The Hall–Kier alpha value is -2.79. The van der Waals surface area contributed by atoms with E-state index in [1.807, 2.05) is 42.5 Å². The van der Waals surface area contributed by atoms with Gasteiger partial charge in [-0.1, -0.05) is 41.9 Å². The number of halogens is 1. The number of hydrogen-bond donors (Lipinski definition) is 1. The molecule has 0 saturated carbocycles. The third-order valence-corrected chi connectivity index (χ3v) is 4.51. The van der Waals surface area contributed by atoms with Crippen LogP contribution in [0.1, 0.15) is 13.8 Å². The van der Waals surface area contributed by atoms with E-state index in [0.717, 1.165) is 35.9 Å². The maximum Gasteiger partial charge on any atom is 0.229 e. The lowest BCUT2D eigenvalue weighted by molar-refractivity contribution is 0.417. The van der Waals surface area contributed by atoms with Crippen LogP contribution in [-0.2, 0) is 0 Å². The highest BCUT2D eigenvalue weighted by molar-refractivity contribution is 6.31. The molecule has 0 aliphatic rings. The van der Waals surface area contributed by atoms with Gasteiger partial charge in [-0.15, -0.1) is 0 Å². The molecule has 0 aliphatic carbocycles. The highest BCUT2D eigenvalue weighted by Gasteiger charge is 2.13. The first-order valence-electron chi connectivity index (χ1n) is 8.94. The molecule has 5 nitrogen and oxygen atoms in total. The minimum atomic E-state index is 0.499. The first kappa shape index (κ1) is 19.0. The van der Waals surface area contributed by atoms with Gasteiger partial charge in [0.25, 0.3) is 0 Å². The van der Waals surface area contributed by atoms with Gasteiger partial charge in [0, 0.05) is 29.7 Å². The highest BCUT2D eigenvalue weighted by Crippen LogP contribution is 2.31. The molecule has 3 aromatic rings. The molecule has 0 saturated heterocycles. The monoisotopic (exact) mass is 382 g/mol. The van der Waals surface area contributed by atoms with Crippen molar-refractivity contribution in [1.82, 2.24) is 9.97 Å². The third-order valence-electron chi connectivity index (χ3n) is 4.28. The van der Waals surface area contributed by atoms with Crippen molar-refractivity contribution >= 4 is 29.1 Å². The summed E-state index contributed by atoms with van der Waals surface area (Å²) in [5, 5.41) is 3.87. The van der Waals surface area contributed by atoms with Crippen LogP contribution in [0.25, 0.3) is 11.3 Å². The maximum absolute atomic E-state index is 6.15. The average Bonchev–Trinajstić information content (AvgIpc) is 2.70. The van der Waals surface area contributed by atoms with Gasteiger partial charge in [-0.3, -0.25) is 0 Å². The molecule has 27 heavy (non-hydrogen) atoms. The maximum atomic E-state index is 6.15. The van der Waals surface area contributed by atoms with Crippen molar-refractivity contribution < 1.29 is 4.74 Å². The first-order valence-corrected chi connectivity index (χ1v) is 9.32. The second-order valence-electron chi connectivity index (χ2n) is 5.94. The summed E-state index contributed by atoms with van der Waals surface area (Å²) in [7, 11) is 1.62. The Morgan fingerprint density at radius 2 is 1.74 bits per heavy atom. The van der Waals surface area contributed by atoms with Crippen LogP contribution >= 0.6 is 11.6 Å². The summed E-state index contributed by atoms with van der Waals surface area (Å²) in [6, 6.07) is 17.5. The lowest BCUT2D eigenvalue weighted by atomic mass is 10.1. The molecule has 2 aromatic carbocycles. The summed E-state index contributed by atoms with van der Waals surface area (Å²) in [4.78, 5) is 11.6. The number of hydrogen-bond acceptors (Lipinski definition) is 5. The van der Waals surface area contributed by atoms with Crippen LogP contribution in [0, 0.1) is 0 Å². The molecule has 0 radical (unpaired) electrons. The number of anilines is 3. The molecular formula is C21H23ClN4O. The van der Waals surface area contributed by atoms with Gasteiger partial charge in [0.05, 0.1) is 18.5 Å². The molecule has 1 heterocycles. The third kappa shape index (κ3) is 4.49. The number of nitrogens with one attached hydrogen (secondary N) is 1. The van der Waals surface area contributed by atoms with Gasteiger partial charge >= 0.3 is 0 Å². The van der Waals surface area contributed by atoms with Crippen molar-refractivity contribution in [2.24, 2.45) is 0 Å². The molecule has 0 atom stereocenters. The van der Waals surface area contributed by atoms with E-state index in [-0.39, 0.29) is 0 Å². The predicted molar refractivity (Wildman–Crippen MR) is 112 cm³/mol. The van der Waals surface area contributed by atoms with Gasteiger partial charge in [0.1, 0.15) is 11.6 Å². The summed E-state index contributed by atoms with van der Waals surface area (Å²) in [5.74, 6) is 2.05. The summed E-state index contributed by atoms with van der Waals surface area (Å²) in [6.45, 7) is 5.95. The fourth-order valence-corrected chi connectivity index (χ4v) is 3.03. The smallest absolute Gasteiger partial charge is 0.229 e. The highest BCUT2D eigenvalue weighted by atomic mass is 35.5. The Bertz CT molecular complexity index is 898. The zero-order valence-electron chi connectivity index (χ0n) is 15.7. The van der Waals surface area contributed by atoms with E-state index in [0.29, 0.717) is 16.7 Å². The number of aromatic nitrogens is 2. The van der Waals surface area contributed by atoms with Crippen molar-refractivity contribution in [3.63, 3.8) is 0 Å². The van der Waals surface area contributed by atoms with Crippen LogP contribution in [0.2, 0.25) is 5.02 Å². The van der Waals surface area contributed by atoms with E-state index >= 15 is 0 Å². The first-order chi connectivity index (χ1) is 13.1. The van der Waals surface area contributed by atoms with Crippen LogP contribution in [0.5, 0.6) is 5.75 Å². The quantitative estimate of drug-likeness (QED) is 0.593. The van der Waals surface area contributed by atoms with Crippen LogP contribution < -0.4 is 15.0 Å². The molecule has 3 rings (SSSR count). The summed E-state index contributed by atoms with van der Waals surface area (Å²) < 4.78 is 5.42. The van der Waals surface area contributed by atoms with Crippen molar-refractivity contribution in [2.45, 2.75) is 13.8 Å². The molecule has 0 amide bonds. The van der Waals surface area contributed by atoms with Crippen LogP contribution in [-0.4, -0.2) is 30.2 Å². The Morgan fingerprint density at radius 1 is 1.00 bits per heavy atom. The summed E-state index contributed by atoms with van der Waals surface area (Å²) in [6.07, 6.45) is 0. The number of ether oxygens (including phenoxy) is 1. The second-order valence-corrected chi connectivity index (χ2v) is 6.38. The van der Waals surface area contributed by atoms with Crippen molar-refractivity contribution in [3.05, 3.63) is 59.6 Å².